The van der Waals surface area contributed by atoms with Gasteiger partial charge >= 0.3 is 0 Å². The van der Waals surface area contributed by atoms with Crippen molar-refractivity contribution >= 4 is 22.7 Å². The van der Waals surface area contributed by atoms with Crippen LogP contribution in [0.5, 0.6) is 0 Å². The highest BCUT2D eigenvalue weighted by Crippen LogP contribution is 2.24. The maximum Gasteiger partial charge on any atom is 0.203 e. The highest BCUT2D eigenvalue weighted by atomic mass is 32.1. The molecular weight excluding hydrogens is 364 g/mol. The van der Waals surface area contributed by atoms with Gasteiger partial charge in [-0.1, -0.05) is 54.6 Å². The molecular formula is C23H28N4S. The molecule has 0 atom stereocenters. The monoisotopic (exact) mass is 392 g/mol. The Morgan fingerprint density at radius 2 is 1.68 bits per heavy atom. The van der Waals surface area contributed by atoms with E-state index in [1.165, 1.54) is 5.56 Å². The minimum atomic E-state index is 0.495. The Kier molecular flexibility index (Phi) is 6.95. The molecule has 1 aromatic heterocycles. The topological polar surface area (TPSA) is 40.5 Å². The second-order valence-electron chi connectivity index (χ2n) is 7.33. The van der Waals surface area contributed by atoms with Crippen LogP contribution < -0.4 is 5.43 Å². The first kappa shape index (κ1) is 20.2. The van der Waals surface area contributed by atoms with Crippen molar-refractivity contribution in [2.45, 2.75) is 46.3 Å². The molecule has 4 nitrogen and oxygen atoms in total. The average Bonchev–Trinajstić information content (AvgIpc) is 3.16. The zero-order valence-electron chi connectivity index (χ0n) is 17.0. The summed E-state index contributed by atoms with van der Waals surface area (Å²) in [6, 6.07) is 19.6. The zero-order valence-corrected chi connectivity index (χ0v) is 17.8. The van der Waals surface area contributed by atoms with Crippen LogP contribution >= 0.6 is 11.3 Å². The normalized spacial score (nSPS) is 11.8. The van der Waals surface area contributed by atoms with Crippen molar-refractivity contribution in [2.24, 2.45) is 5.10 Å². The summed E-state index contributed by atoms with van der Waals surface area (Å²) in [6.07, 6.45) is 1.89. The van der Waals surface area contributed by atoms with E-state index >= 15 is 0 Å². The van der Waals surface area contributed by atoms with E-state index in [1.54, 1.807) is 11.3 Å². The largest absolute Gasteiger partial charge is 0.294 e. The molecule has 0 spiro atoms. The molecule has 0 aliphatic carbocycles. The van der Waals surface area contributed by atoms with Crippen LogP contribution in [0.2, 0.25) is 0 Å². The highest BCUT2D eigenvalue weighted by molar-refractivity contribution is 7.14. The summed E-state index contributed by atoms with van der Waals surface area (Å²) in [7, 11) is 0. The number of nitrogens with zero attached hydrogens (tertiary/aromatic N) is 3. The van der Waals surface area contributed by atoms with Crippen molar-refractivity contribution in [3.63, 3.8) is 0 Å². The van der Waals surface area contributed by atoms with E-state index in [4.69, 9.17) is 0 Å². The fourth-order valence-corrected chi connectivity index (χ4v) is 3.85. The first-order valence-electron chi connectivity index (χ1n) is 9.68. The first-order valence-corrected chi connectivity index (χ1v) is 10.6. The molecule has 0 unspecified atom stereocenters. The van der Waals surface area contributed by atoms with Gasteiger partial charge in [-0.05, 0) is 38.8 Å². The number of rotatable bonds is 8. The van der Waals surface area contributed by atoms with Crippen molar-refractivity contribution in [2.75, 3.05) is 5.43 Å². The third kappa shape index (κ3) is 5.27. The number of nitrogens with one attached hydrogen (secondary N) is 1. The zero-order chi connectivity index (χ0) is 19.9. The van der Waals surface area contributed by atoms with Crippen molar-refractivity contribution in [3.05, 3.63) is 71.1 Å². The van der Waals surface area contributed by atoms with Gasteiger partial charge in [-0.15, -0.1) is 11.3 Å². The molecule has 0 radical (unpaired) electrons. The lowest BCUT2D eigenvalue weighted by atomic mass is 10.1. The van der Waals surface area contributed by atoms with Crippen LogP contribution in [0.1, 0.15) is 38.8 Å². The van der Waals surface area contributed by atoms with Crippen LogP contribution in [0.3, 0.4) is 0 Å². The van der Waals surface area contributed by atoms with Crippen LogP contribution in [-0.2, 0) is 6.54 Å². The molecule has 2 aromatic carbocycles. The summed E-state index contributed by atoms with van der Waals surface area (Å²) in [4.78, 5) is 7.09. The van der Waals surface area contributed by atoms with Crippen LogP contribution in [0, 0.1) is 0 Å². The lowest BCUT2D eigenvalue weighted by Gasteiger charge is -2.31. The highest BCUT2D eigenvalue weighted by Gasteiger charge is 2.15. The molecule has 5 heteroatoms. The molecule has 0 fully saturated rings. The summed E-state index contributed by atoms with van der Waals surface area (Å²) < 4.78 is 0. The lowest BCUT2D eigenvalue weighted by Crippen LogP contribution is -2.36. The predicted octanol–water partition coefficient (Wildman–Crippen LogP) is 5.87. The SMILES string of the molecule is CC(C)N(Cc1ccccc1C=NNc1nc(-c2ccccc2)cs1)C(C)C. The van der Waals surface area contributed by atoms with Gasteiger partial charge in [0, 0.05) is 29.6 Å². The smallest absolute Gasteiger partial charge is 0.203 e. The van der Waals surface area contributed by atoms with Gasteiger partial charge < -0.3 is 0 Å². The number of aromatic nitrogens is 1. The van der Waals surface area contributed by atoms with Crippen LogP contribution in [-0.4, -0.2) is 28.2 Å². The van der Waals surface area contributed by atoms with E-state index in [2.05, 4.69) is 84.5 Å². The van der Waals surface area contributed by atoms with Crippen molar-refractivity contribution in [3.8, 4) is 11.3 Å². The number of hydrogen-bond donors (Lipinski definition) is 1. The minimum Gasteiger partial charge on any atom is -0.294 e. The van der Waals surface area contributed by atoms with Gasteiger partial charge in [0.15, 0.2) is 0 Å². The summed E-state index contributed by atoms with van der Waals surface area (Å²) in [5.41, 5.74) is 7.56. The molecule has 3 rings (SSSR count). The molecule has 1 N–H and O–H groups in total. The number of hydrogen-bond acceptors (Lipinski definition) is 5. The number of thiazole rings is 1. The molecule has 0 aliphatic heterocycles. The van der Waals surface area contributed by atoms with E-state index in [-0.39, 0.29) is 0 Å². The van der Waals surface area contributed by atoms with E-state index in [1.807, 2.05) is 29.8 Å². The van der Waals surface area contributed by atoms with Gasteiger partial charge in [0.2, 0.25) is 5.13 Å². The molecule has 0 aliphatic rings. The van der Waals surface area contributed by atoms with E-state index < -0.39 is 0 Å². The van der Waals surface area contributed by atoms with Crippen molar-refractivity contribution in [1.29, 1.82) is 0 Å². The standard InChI is InChI=1S/C23H28N4S/c1-17(2)27(18(3)4)15-21-13-9-8-12-20(21)14-24-26-23-25-22(16-28-23)19-10-6-5-7-11-19/h5-14,16-18H,15H2,1-4H3,(H,25,26). The number of benzene rings is 2. The fourth-order valence-electron chi connectivity index (χ4n) is 3.19. The Bertz CT molecular complexity index is 892. The Morgan fingerprint density at radius 1 is 1.00 bits per heavy atom. The van der Waals surface area contributed by atoms with Gasteiger partial charge in [0.25, 0.3) is 0 Å². The van der Waals surface area contributed by atoms with E-state index in [0.717, 1.165) is 28.5 Å². The van der Waals surface area contributed by atoms with Crippen molar-refractivity contribution < 1.29 is 0 Å². The van der Waals surface area contributed by atoms with Gasteiger partial charge in [-0.2, -0.15) is 5.10 Å². The fraction of sp³-hybridized carbons (Fsp3) is 0.304. The summed E-state index contributed by atoms with van der Waals surface area (Å²) >= 11 is 1.56. The lowest BCUT2D eigenvalue weighted by molar-refractivity contribution is 0.166. The molecule has 3 aromatic rings. The average molecular weight is 393 g/mol. The number of hydrazone groups is 1. The van der Waals surface area contributed by atoms with Gasteiger partial charge in [-0.3, -0.25) is 10.3 Å². The summed E-state index contributed by atoms with van der Waals surface area (Å²) in [5.74, 6) is 0. The molecule has 1 heterocycles. The molecule has 28 heavy (non-hydrogen) atoms. The van der Waals surface area contributed by atoms with Crippen LogP contribution in [0.25, 0.3) is 11.3 Å². The molecule has 0 saturated carbocycles. The third-order valence-corrected chi connectivity index (χ3v) is 5.42. The Hall–Kier alpha value is -2.50. The van der Waals surface area contributed by atoms with Gasteiger partial charge in [0.1, 0.15) is 0 Å². The molecule has 0 amide bonds. The second-order valence-corrected chi connectivity index (χ2v) is 8.19. The van der Waals surface area contributed by atoms with E-state index in [9.17, 15) is 0 Å². The maximum atomic E-state index is 4.61. The maximum absolute atomic E-state index is 4.61. The number of anilines is 1. The minimum absolute atomic E-state index is 0.495. The summed E-state index contributed by atoms with van der Waals surface area (Å²) in [6.45, 7) is 9.87. The summed E-state index contributed by atoms with van der Waals surface area (Å²) in [5, 5.41) is 7.27. The Balaban J connectivity index is 1.69. The first-order chi connectivity index (χ1) is 13.5. The Morgan fingerprint density at radius 3 is 2.39 bits per heavy atom. The molecule has 0 bridgehead atoms. The van der Waals surface area contributed by atoms with Gasteiger partial charge in [0.05, 0.1) is 11.9 Å². The van der Waals surface area contributed by atoms with Crippen molar-refractivity contribution in [1.82, 2.24) is 9.88 Å². The second kappa shape index (κ2) is 9.62. The Labute approximate surface area is 172 Å². The third-order valence-electron chi connectivity index (χ3n) is 4.67. The molecule has 0 saturated heterocycles. The van der Waals surface area contributed by atoms with Gasteiger partial charge in [-0.25, -0.2) is 4.98 Å². The van der Waals surface area contributed by atoms with E-state index in [0.29, 0.717) is 12.1 Å². The molecule has 146 valence electrons. The quantitative estimate of drug-likeness (QED) is 0.385. The predicted molar refractivity (Wildman–Crippen MR) is 121 cm³/mol. The van der Waals surface area contributed by atoms with Crippen LogP contribution in [0.15, 0.2) is 65.1 Å². The van der Waals surface area contributed by atoms with Crippen LogP contribution in [0.4, 0.5) is 5.13 Å².